The van der Waals surface area contributed by atoms with E-state index in [-0.39, 0.29) is 5.43 Å². The van der Waals surface area contributed by atoms with Gasteiger partial charge >= 0.3 is 5.97 Å². The molecule has 0 amide bonds. The third-order valence-electron chi connectivity index (χ3n) is 3.78. The van der Waals surface area contributed by atoms with Gasteiger partial charge in [-0.15, -0.1) is 0 Å². The summed E-state index contributed by atoms with van der Waals surface area (Å²) in [5.41, 5.74) is 1.36. The molecule has 0 saturated heterocycles. The second-order valence-electron chi connectivity index (χ2n) is 5.50. The summed E-state index contributed by atoms with van der Waals surface area (Å²) < 4.78 is 11.1. The molecule has 0 fully saturated rings. The van der Waals surface area contributed by atoms with Gasteiger partial charge in [0, 0.05) is 36.4 Å². The van der Waals surface area contributed by atoms with Gasteiger partial charge in [-0.25, -0.2) is 4.79 Å². The SMILES string of the molecule is O=C(Oc1ccc(-c2cc(=O)c3cnccc3o2)cc1)c1cccnc1. The van der Waals surface area contributed by atoms with E-state index in [1.165, 1.54) is 18.5 Å². The van der Waals surface area contributed by atoms with Gasteiger partial charge in [0.2, 0.25) is 0 Å². The van der Waals surface area contributed by atoms with Gasteiger partial charge < -0.3 is 9.15 Å². The summed E-state index contributed by atoms with van der Waals surface area (Å²) in [6.07, 6.45) is 6.07. The number of carbonyl (C=O) groups excluding carboxylic acids is 1. The monoisotopic (exact) mass is 344 g/mol. The van der Waals surface area contributed by atoms with Crippen LogP contribution < -0.4 is 10.2 Å². The maximum atomic E-state index is 12.2. The first-order chi connectivity index (χ1) is 12.7. The molecule has 0 radical (unpaired) electrons. The van der Waals surface area contributed by atoms with Crippen LogP contribution in [0.25, 0.3) is 22.3 Å². The highest BCUT2D eigenvalue weighted by atomic mass is 16.5. The molecule has 0 unspecified atom stereocenters. The van der Waals surface area contributed by atoms with Crippen molar-refractivity contribution in [1.29, 1.82) is 0 Å². The highest BCUT2D eigenvalue weighted by Crippen LogP contribution is 2.24. The van der Waals surface area contributed by atoms with Crippen LogP contribution in [-0.2, 0) is 0 Å². The topological polar surface area (TPSA) is 82.3 Å². The largest absolute Gasteiger partial charge is 0.456 e. The summed E-state index contributed by atoms with van der Waals surface area (Å²) in [5, 5.41) is 0.429. The molecule has 0 saturated carbocycles. The van der Waals surface area contributed by atoms with E-state index in [0.717, 1.165) is 0 Å². The highest BCUT2D eigenvalue weighted by Gasteiger charge is 2.10. The molecule has 0 aliphatic carbocycles. The van der Waals surface area contributed by atoms with E-state index in [2.05, 4.69) is 9.97 Å². The predicted molar refractivity (Wildman–Crippen MR) is 94.9 cm³/mol. The number of benzene rings is 1. The second-order valence-corrected chi connectivity index (χ2v) is 5.50. The predicted octanol–water partition coefficient (Wildman–Crippen LogP) is 3.47. The number of nitrogens with zero attached hydrogens (tertiary/aromatic N) is 2. The lowest BCUT2D eigenvalue weighted by Gasteiger charge is -2.06. The zero-order valence-corrected chi connectivity index (χ0v) is 13.5. The maximum Gasteiger partial charge on any atom is 0.345 e. The Kier molecular flexibility index (Phi) is 3.99. The third-order valence-corrected chi connectivity index (χ3v) is 3.78. The fourth-order valence-electron chi connectivity index (χ4n) is 2.48. The molecule has 0 bridgehead atoms. The zero-order valence-electron chi connectivity index (χ0n) is 13.5. The molecule has 0 N–H and O–H groups in total. The summed E-state index contributed by atoms with van der Waals surface area (Å²) in [6, 6.07) is 13.1. The average molecular weight is 344 g/mol. The number of aromatic nitrogens is 2. The lowest BCUT2D eigenvalue weighted by Crippen LogP contribution is -2.08. The molecule has 3 heterocycles. The van der Waals surface area contributed by atoms with Crippen molar-refractivity contribution >= 4 is 16.9 Å². The van der Waals surface area contributed by atoms with E-state index in [4.69, 9.17) is 9.15 Å². The first-order valence-corrected chi connectivity index (χ1v) is 7.81. The van der Waals surface area contributed by atoms with Crippen molar-refractivity contribution in [2.75, 3.05) is 0 Å². The minimum absolute atomic E-state index is 0.165. The molecule has 3 aromatic heterocycles. The van der Waals surface area contributed by atoms with Crippen molar-refractivity contribution in [3.8, 4) is 17.1 Å². The standard InChI is InChI=1S/C20H12N2O4/c23-17-10-19(26-18-7-9-22-12-16(17)18)13-3-5-15(6-4-13)25-20(24)14-2-1-8-21-11-14/h1-12H. The Bertz CT molecular complexity index is 1140. The Labute approximate surface area is 147 Å². The fraction of sp³-hybridized carbons (Fsp3) is 0. The minimum Gasteiger partial charge on any atom is -0.456 e. The van der Waals surface area contributed by atoms with Crippen LogP contribution in [0.15, 0.2) is 82.5 Å². The van der Waals surface area contributed by atoms with Gasteiger partial charge in [-0.05, 0) is 42.5 Å². The molecular formula is C20H12N2O4. The van der Waals surface area contributed by atoms with Gasteiger partial charge in [0.05, 0.1) is 10.9 Å². The van der Waals surface area contributed by atoms with Crippen molar-refractivity contribution in [3.63, 3.8) is 0 Å². The minimum atomic E-state index is -0.490. The van der Waals surface area contributed by atoms with Crippen molar-refractivity contribution in [2.45, 2.75) is 0 Å². The van der Waals surface area contributed by atoms with E-state index in [9.17, 15) is 9.59 Å². The fourth-order valence-corrected chi connectivity index (χ4v) is 2.48. The van der Waals surface area contributed by atoms with Gasteiger partial charge in [0.25, 0.3) is 0 Å². The van der Waals surface area contributed by atoms with Crippen molar-refractivity contribution in [1.82, 2.24) is 9.97 Å². The number of esters is 1. The van der Waals surface area contributed by atoms with Crippen LogP contribution in [-0.4, -0.2) is 15.9 Å². The number of hydrogen-bond donors (Lipinski definition) is 0. The average Bonchev–Trinajstić information content (AvgIpc) is 2.69. The molecule has 0 spiro atoms. The van der Waals surface area contributed by atoms with Gasteiger partial charge in [0.15, 0.2) is 5.43 Å². The number of hydrogen-bond acceptors (Lipinski definition) is 6. The van der Waals surface area contributed by atoms with Crippen molar-refractivity contribution in [2.24, 2.45) is 0 Å². The van der Waals surface area contributed by atoms with E-state index in [1.54, 1.807) is 54.9 Å². The smallest absolute Gasteiger partial charge is 0.345 e. The molecule has 0 atom stereocenters. The summed E-state index contributed by atoms with van der Waals surface area (Å²) >= 11 is 0. The Balaban J connectivity index is 1.60. The molecule has 4 aromatic rings. The Morgan fingerprint density at radius 2 is 1.77 bits per heavy atom. The van der Waals surface area contributed by atoms with E-state index < -0.39 is 5.97 Å². The molecular weight excluding hydrogens is 332 g/mol. The lowest BCUT2D eigenvalue weighted by atomic mass is 10.1. The summed E-state index contributed by atoms with van der Waals surface area (Å²) in [5.74, 6) is 0.323. The van der Waals surface area contributed by atoms with E-state index >= 15 is 0 Å². The number of pyridine rings is 2. The van der Waals surface area contributed by atoms with Gasteiger partial charge in [-0.3, -0.25) is 14.8 Å². The third kappa shape index (κ3) is 3.08. The molecule has 6 nitrogen and oxygen atoms in total. The molecule has 0 aliphatic rings. The molecule has 126 valence electrons. The van der Waals surface area contributed by atoms with Crippen LogP contribution in [0.5, 0.6) is 5.75 Å². The zero-order chi connectivity index (χ0) is 17.9. The first-order valence-electron chi connectivity index (χ1n) is 7.81. The first kappa shape index (κ1) is 15.7. The second kappa shape index (κ2) is 6.60. The van der Waals surface area contributed by atoms with Crippen LogP contribution in [0.3, 0.4) is 0 Å². The number of carbonyl (C=O) groups is 1. The molecule has 26 heavy (non-hydrogen) atoms. The molecule has 6 heteroatoms. The van der Waals surface area contributed by atoms with E-state index in [0.29, 0.717) is 33.6 Å². The number of ether oxygens (including phenoxy) is 1. The lowest BCUT2D eigenvalue weighted by molar-refractivity contribution is 0.0734. The normalized spacial score (nSPS) is 10.6. The molecule has 0 aliphatic heterocycles. The number of rotatable bonds is 3. The molecule has 1 aromatic carbocycles. The van der Waals surface area contributed by atoms with E-state index in [1.807, 2.05) is 0 Å². The molecule has 4 rings (SSSR count). The van der Waals surface area contributed by atoms with Crippen molar-refractivity contribution in [3.05, 3.63) is 89.1 Å². The van der Waals surface area contributed by atoms with Crippen LogP contribution in [0.4, 0.5) is 0 Å². The summed E-state index contributed by atoms with van der Waals surface area (Å²) in [4.78, 5) is 32.0. The Morgan fingerprint density at radius 3 is 2.54 bits per heavy atom. The van der Waals surface area contributed by atoms with Crippen LogP contribution in [0, 0.1) is 0 Å². The Hall–Kier alpha value is -3.80. The van der Waals surface area contributed by atoms with Gasteiger partial charge in [0.1, 0.15) is 17.1 Å². The quantitative estimate of drug-likeness (QED) is 0.418. The van der Waals surface area contributed by atoms with Crippen molar-refractivity contribution < 1.29 is 13.9 Å². The maximum absolute atomic E-state index is 12.2. The van der Waals surface area contributed by atoms with Gasteiger partial charge in [-0.1, -0.05) is 0 Å². The summed E-state index contributed by atoms with van der Waals surface area (Å²) in [7, 11) is 0. The highest BCUT2D eigenvalue weighted by molar-refractivity contribution is 5.90. The number of fused-ring (bicyclic) bond motifs is 1. The van der Waals surface area contributed by atoms with Crippen LogP contribution >= 0.6 is 0 Å². The Morgan fingerprint density at radius 1 is 0.962 bits per heavy atom. The summed E-state index contributed by atoms with van der Waals surface area (Å²) in [6.45, 7) is 0. The van der Waals surface area contributed by atoms with Crippen LogP contribution in [0.1, 0.15) is 10.4 Å². The van der Waals surface area contributed by atoms with Gasteiger partial charge in [-0.2, -0.15) is 0 Å². The van der Waals surface area contributed by atoms with Crippen LogP contribution in [0.2, 0.25) is 0 Å².